The van der Waals surface area contributed by atoms with Gasteiger partial charge in [0.15, 0.2) is 6.10 Å². The van der Waals surface area contributed by atoms with Gasteiger partial charge in [-0.25, -0.2) is 24.5 Å². The highest BCUT2D eigenvalue weighted by Crippen LogP contribution is 2.41. The van der Waals surface area contributed by atoms with Crippen LogP contribution in [0.2, 0.25) is 5.02 Å². The van der Waals surface area contributed by atoms with Crippen molar-refractivity contribution in [3.8, 4) is 5.88 Å². The van der Waals surface area contributed by atoms with Crippen molar-refractivity contribution in [2.24, 2.45) is 0 Å². The van der Waals surface area contributed by atoms with E-state index in [1.807, 2.05) is 6.92 Å². The van der Waals surface area contributed by atoms with Crippen LogP contribution in [0.4, 0.5) is 42.8 Å². The number of hydrogen-bond donors (Lipinski definition) is 3. The first-order valence-corrected chi connectivity index (χ1v) is 17.5. The quantitative estimate of drug-likeness (QED) is 0.0952. The molecule has 1 aliphatic heterocycles. The summed E-state index contributed by atoms with van der Waals surface area (Å²) in [5.41, 5.74) is -3.52. The zero-order valence-corrected chi connectivity index (χ0v) is 30.7. The first-order chi connectivity index (χ1) is 26.5. The third-order valence-electron chi connectivity index (χ3n) is 8.84. The molecule has 2 aromatic heterocycles. The maximum Gasteiger partial charge on any atom is 0.416 e. The van der Waals surface area contributed by atoms with E-state index in [0.717, 1.165) is 6.20 Å². The number of fused-ring (bicyclic) bond motifs is 1. The first-order valence-electron chi connectivity index (χ1n) is 17.1. The lowest BCUT2D eigenvalue weighted by atomic mass is 9.93. The smallest absolute Gasteiger partial charge is 0.416 e. The number of amides is 1. The molecule has 5 rings (SSSR count). The summed E-state index contributed by atoms with van der Waals surface area (Å²) >= 11 is 6.02. The predicted octanol–water partition coefficient (Wildman–Crippen LogP) is 7.71. The molecule has 3 heterocycles. The highest BCUT2D eigenvalue weighted by Gasteiger charge is 2.40. The van der Waals surface area contributed by atoms with E-state index < -0.39 is 78.4 Å². The average Bonchev–Trinajstić information content (AvgIpc) is 3.15. The van der Waals surface area contributed by atoms with Gasteiger partial charge in [-0.3, -0.25) is 4.90 Å². The van der Waals surface area contributed by atoms with Gasteiger partial charge in [-0.1, -0.05) is 24.6 Å². The number of anilines is 2. The van der Waals surface area contributed by atoms with E-state index >= 15 is 0 Å². The Labute approximate surface area is 321 Å². The zero-order valence-electron chi connectivity index (χ0n) is 30.0. The van der Waals surface area contributed by atoms with Crippen LogP contribution in [0.15, 0.2) is 60.8 Å². The van der Waals surface area contributed by atoms with Crippen LogP contribution in [0.1, 0.15) is 82.8 Å². The SMILES string of the molecule is CCOC(=O)N1c2ccc(OC)nc2[C@@H](Nc2ncc(C(OC(=O)c3cccc(Cl)c3)C(O)CO)c(Cc3cc(C(F)(F)F)cc(C(F)(F)F)c3)n2)C[C@H]1CC. The van der Waals surface area contributed by atoms with Crippen molar-refractivity contribution >= 4 is 35.3 Å². The van der Waals surface area contributed by atoms with Crippen molar-refractivity contribution in [1.29, 1.82) is 0 Å². The number of rotatable bonds is 12. The standard InChI is InChI=1S/C37H36ClF6N5O7/c1-4-24-16-27(31-28(9-10-30(48-31)54-3)49(24)35(53)55-5-2)47-34-45-17-25(32(29(51)18-50)56-33(52)20-7-6-8-23(38)14-20)26(46-34)13-19-11-21(36(39,40)41)15-22(12-19)37(42,43)44/h6-12,14-15,17,24,27,29,32,50-51H,4-5,13,16,18H2,1-3H3,(H,45,46,47)/t24-,27+,29?,32?/m1/s1. The molecule has 0 saturated carbocycles. The molecular formula is C37H36ClF6N5O7. The molecule has 0 radical (unpaired) electrons. The number of benzene rings is 2. The van der Waals surface area contributed by atoms with Gasteiger partial charge in [-0.15, -0.1) is 0 Å². The molecule has 4 aromatic rings. The molecule has 1 amide bonds. The summed E-state index contributed by atoms with van der Waals surface area (Å²) in [6.07, 6.45) is -13.5. The van der Waals surface area contributed by atoms with Gasteiger partial charge in [0.25, 0.3) is 0 Å². The number of esters is 1. The van der Waals surface area contributed by atoms with E-state index in [2.05, 4.69) is 20.3 Å². The van der Waals surface area contributed by atoms with Crippen molar-refractivity contribution in [1.82, 2.24) is 15.0 Å². The fraction of sp³-hybridized carbons (Fsp3) is 0.378. The minimum absolute atomic E-state index is 0.0199. The summed E-state index contributed by atoms with van der Waals surface area (Å²) in [4.78, 5) is 41.1. The number of ether oxygens (including phenoxy) is 3. The summed E-state index contributed by atoms with van der Waals surface area (Å²) in [5, 5.41) is 24.1. The Bertz CT molecular complexity index is 2020. The number of aliphatic hydroxyl groups excluding tert-OH is 2. The molecule has 19 heteroatoms. The molecule has 300 valence electrons. The molecule has 0 spiro atoms. The maximum atomic E-state index is 13.9. The number of aromatic nitrogens is 3. The van der Waals surface area contributed by atoms with E-state index in [9.17, 15) is 46.1 Å². The number of aliphatic hydroxyl groups is 2. The number of alkyl halides is 6. The van der Waals surface area contributed by atoms with Crippen molar-refractivity contribution < 1.29 is 60.4 Å². The van der Waals surface area contributed by atoms with Crippen LogP contribution < -0.4 is 15.0 Å². The van der Waals surface area contributed by atoms with Crippen molar-refractivity contribution in [2.75, 3.05) is 30.5 Å². The Kier molecular flexibility index (Phi) is 13.0. The van der Waals surface area contributed by atoms with Crippen LogP contribution in [-0.2, 0) is 28.2 Å². The molecule has 12 nitrogen and oxygen atoms in total. The molecule has 0 bridgehead atoms. The third kappa shape index (κ3) is 9.59. The fourth-order valence-corrected chi connectivity index (χ4v) is 6.41. The molecule has 56 heavy (non-hydrogen) atoms. The first kappa shape index (κ1) is 42.0. The number of carbonyl (C=O) groups excluding carboxylic acids is 2. The molecule has 2 unspecified atom stereocenters. The van der Waals surface area contributed by atoms with Crippen molar-refractivity contribution in [2.45, 2.75) is 69.8 Å². The predicted molar refractivity (Wildman–Crippen MR) is 189 cm³/mol. The summed E-state index contributed by atoms with van der Waals surface area (Å²) in [7, 11) is 1.39. The number of pyridine rings is 1. The highest BCUT2D eigenvalue weighted by atomic mass is 35.5. The monoisotopic (exact) mass is 811 g/mol. The van der Waals surface area contributed by atoms with E-state index in [0.29, 0.717) is 29.9 Å². The molecule has 0 aliphatic carbocycles. The van der Waals surface area contributed by atoms with Crippen LogP contribution in [0.25, 0.3) is 0 Å². The number of nitrogens with one attached hydrogen (secondary N) is 1. The van der Waals surface area contributed by atoms with Crippen molar-refractivity contribution in [3.05, 3.63) is 105 Å². The third-order valence-corrected chi connectivity index (χ3v) is 9.08. The maximum absolute atomic E-state index is 13.9. The number of carbonyl (C=O) groups is 2. The topological polar surface area (TPSA) is 156 Å². The van der Waals surface area contributed by atoms with E-state index in [1.54, 1.807) is 19.1 Å². The van der Waals surface area contributed by atoms with Crippen LogP contribution in [0.3, 0.4) is 0 Å². The Balaban J connectivity index is 1.64. The lowest BCUT2D eigenvalue weighted by molar-refractivity contribution is -0.143. The average molecular weight is 812 g/mol. The molecular weight excluding hydrogens is 776 g/mol. The van der Waals surface area contributed by atoms with Gasteiger partial charge in [0.2, 0.25) is 11.8 Å². The number of halogens is 7. The molecule has 4 atom stereocenters. The second-order valence-corrected chi connectivity index (χ2v) is 13.0. The Hall–Kier alpha value is -5.20. The normalized spacial score (nSPS) is 16.8. The van der Waals surface area contributed by atoms with Crippen LogP contribution in [0, 0.1) is 0 Å². The van der Waals surface area contributed by atoms with Crippen molar-refractivity contribution in [3.63, 3.8) is 0 Å². The largest absolute Gasteiger partial charge is 0.481 e. The van der Waals surface area contributed by atoms with Gasteiger partial charge >= 0.3 is 24.4 Å². The number of nitrogens with zero attached hydrogens (tertiary/aromatic N) is 4. The van der Waals surface area contributed by atoms with Gasteiger partial charge in [-0.2, -0.15) is 26.3 Å². The Morgan fingerprint density at radius 1 is 1.02 bits per heavy atom. The van der Waals surface area contributed by atoms with Gasteiger partial charge in [0.1, 0.15) is 6.10 Å². The van der Waals surface area contributed by atoms with E-state index in [-0.39, 0.29) is 52.8 Å². The number of methoxy groups -OCH3 is 1. The summed E-state index contributed by atoms with van der Waals surface area (Å²) in [5.74, 6) is -1.03. The van der Waals surface area contributed by atoms with E-state index in [4.69, 9.17) is 25.8 Å². The second kappa shape index (κ2) is 17.3. The Morgan fingerprint density at radius 3 is 2.30 bits per heavy atom. The minimum atomic E-state index is -5.16. The molecule has 0 saturated heterocycles. The van der Waals surface area contributed by atoms with Gasteiger partial charge in [0, 0.05) is 35.3 Å². The summed E-state index contributed by atoms with van der Waals surface area (Å²) in [6.45, 7) is 2.62. The van der Waals surface area contributed by atoms with E-state index in [1.165, 1.54) is 36.3 Å². The zero-order chi connectivity index (χ0) is 40.9. The summed E-state index contributed by atoms with van der Waals surface area (Å²) < 4.78 is 99.4. The van der Waals surface area contributed by atoms with Gasteiger partial charge in [0.05, 0.1) is 60.1 Å². The van der Waals surface area contributed by atoms with Crippen LogP contribution >= 0.6 is 11.6 Å². The lowest BCUT2D eigenvalue weighted by Crippen LogP contribution is -2.46. The Morgan fingerprint density at radius 2 is 1.71 bits per heavy atom. The second-order valence-electron chi connectivity index (χ2n) is 12.6. The number of hydrogen-bond acceptors (Lipinski definition) is 11. The highest BCUT2D eigenvalue weighted by molar-refractivity contribution is 6.30. The van der Waals surface area contributed by atoms with Crippen LogP contribution in [0.5, 0.6) is 5.88 Å². The molecule has 2 aromatic carbocycles. The van der Waals surface area contributed by atoms with Crippen LogP contribution in [-0.4, -0.2) is 69.7 Å². The van der Waals surface area contributed by atoms with Gasteiger partial charge < -0.3 is 29.7 Å². The molecule has 0 fully saturated rings. The molecule has 1 aliphatic rings. The summed E-state index contributed by atoms with van der Waals surface area (Å²) in [6, 6.07) is 8.54. The lowest BCUT2D eigenvalue weighted by Gasteiger charge is -2.39. The van der Waals surface area contributed by atoms with Gasteiger partial charge in [-0.05, 0) is 67.8 Å². The molecule has 3 N–H and O–H groups in total. The fourth-order valence-electron chi connectivity index (χ4n) is 6.22. The minimum Gasteiger partial charge on any atom is -0.481 e.